The van der Waals surface area contributed by atoms with Crippen LogP contribution in [0.25, 0.3) is 219 Å². The Morgan fingerprint density at radius 3 is 0.736 bits per heavy atom. The van der Waals surface area contributed by atoms with Gasteiger partial charge in [-0.2, -0.15) is 0 Å². The maximum atomic E-state index is 5.68. The Hall–Kier alpha value is -14.1. The predicted molar refractivity (Wildman–Crippen MR) is 509 cm³/mol. The predicted octanol–water partition coefficient (Wildman–Crippen LogP) is 31.1. The van der Waals surface area contributed by atoms with E-state index in [1.54, 1.807) is 0 Å². The number of hydrogen-bond donors (Lipinski definition) is 0. The summed E-state index contributed by atoms with van der Waals surface area (Å²) in [6.07, 6.45) is 3.97. The van der Waals surface area contributed by atoms with Gasteiger partial charge in [-0.05, 0) is 262 Å². The molecule has 4 aliphatic carbocycles. The Kier molecular flexibility index (Phi) is 14.6. The third-order valence-electron chi connectivity index (χ3n) is 28.3. The molecular formula is C116H80N4S. The fourth-order valence-electron chi connectivity index (χ4n) is 21.8. The molecule has 0 fully saturated rings. The molecule has 21 aromatic rings. The van der Waals surface area contributed by atoms with Crippen LogP contribution in [0.15, 0.2) is 340 Å². The van der Waals surface area contributed by atoms with E-state index in [1.165, 1.54) is 154 Å². The third kappa shape index (κ3) is 10.3. The van der Waals surface area contributed by atoms with Crippen molar-refractivity contribution in [1.82, 2.24) is 19.9 Å². The molecule has 570 valence electrons. The summed E-state index contributed by atoms with van der Waals surface area (Å²) in [7, 11) is 0. The van der Waals surface area contributed by atoms with Crippen molar-refractivity contribution in [2.75, 3.05) is 0 Å². The Labute approximate surface area is 706 Å². The summed E-state index contributed by atoms with van der Waals surface area (Å²) in [5, 5.41) is 11.4. The van der Waals surface area contributed by atoms with Gasteiger partial charge in [0, 0.05) is 74.5 Å². The molecule has 121 heavy (non-hydrogen) atoms. The molecule has 0 unspecified atom stereocenters. The normalized spacial score (nSPS) is 14.5. The van der Waals surface area contributed by atoms with Crippen molar-refractivity contribution >= 4 is 96.7 Å². The second kappa shape index (κ2) is 25.2. The topological polar surface area (TPSA) is 51.6 Å². The first-order valence-corrected chi connectivity index (χ1v) is 43.2. The van der Waals surface area contributed by atoms with Crippen molar-refractivity contribution in [3.8, 4) is 134 Å². The van der Waals surface area contributed by atoms with E-state index in [0.29, 0.717) is 0 Å². The molecule has 0 radical (unpaired) electrons. The van der Waals surface area contributed by atoms with Crippen LogP contribution >= 0.6 is 11.3 Å². The highest BCUT2D eigenvalue weighted by Crippen LogP contribution is 2.56. The second-order valence-electron chi connectivity index (χ2n) is 36.4. The van der Waals surface area contributed by atoms with E-state index >= 15 is 0 Å². The van der Waals surface area contributed by atoms with E-state index < -0.39 is 0 Å². The van der Waals surface area contributed by atoms with Crippen molar-refractivity contribution in [1.29, 1.82) is 0 Å². The van der Waals surface area contributed by atoms with Crippen molar-refractivity contribution < 1.29 is 0 Å². The van der Waals surface area contributed by atoms with Crippen LogP contribution in [0.5, 0.6) is 0 Å². The summed E-state index contributed by atoms with van der Waals surface area (Å²) in [6.45, 7) is 18.9. The lowest BCUT2D eigenvalue weighted by Gasteiger charge is -2.22. The summed E-state index contributed by atoms with van der Waals surface area (Å²) in [5.41, 5.74) is 42.4. The summed E-state index contributed by atoms with van der Waals surface area (Å²) in [5.74, 6) is 0. The van der Waals surface area contributed by atoms with Gasteiger partial charge in [0.2, 0.25) is 0 Å². The van der Waals surface area contributed by atoms with Crippen LogP contribution in [0.4, 0.5) is 0 Å². The number of aromatic nitrogens is 4. The van der Waals surface area contributed by atoms with Crippen LogP contribution in [0, 0.1) is 0 Å². The van der Waals surface area contributed by atoms with Crippen LogP contribution in [0.1, 0.15) is 99.9 Å². The van der Waals surface area contributed by atoms with Gasteiger partial charge in [0.05, 0.1) is 45.8 Å². The Morgan fingerprint density at radius 1 is 0.182 bits per heavy atom. The summed E-state index contributed by atoms with van der Waals surface area (Å²) >= 11 is 1.84. The number of rotatable bonds is 8. The lowest BCUT2D eigenvalue weighted by atomic mass is 9.81. The van der Waals surface area contributed by atoms with Crippen molar-refractivity contribution in [2.45, 2.75) is 77.0 Å². The van der Waals surface area contributed by atoms with E-state index in [0.717, 1.165) is 110 Å². The maximum Gasteiger partial charge on any atom is 0.0979 e. The first-order valence-electron chi connectivity index (χ1n) is 42.4. The molecule has 18 aromatic carbocycles. The van der Waals surface area contributed by atoms with Crippen molar-refractivity contribution in [2.24, 2.45) is 0 Å². The third-order valence-corrected chi connectivity index (χ3v) is 29.5. The zero-order valence-electron chi connectivity index (χ0n) is 68.5. The summed E-state index contributed by atoms with van der Waals surface area (Å²) in [4.78, 5) is 22.2. The first kappa shape index (κ1) is 70.0. The number of benzene rings is 18. The molecule has 25 rings (SSSR count). The first-order chi connectivity index (χ1) is 58.9. The van der Waals surface area contributed by atoms with Gasteiger partial charge in [0.15, 0.2) is 0 Å². The number of fused-ring (bicyclic) bond motifs is 27. The molecule has 4 nitrogen and oxygen atoms in total. The lowest BCUT2D eigenvalue weighted by Crippen LogP contribution is -2.14. The molecule has 4 aliphatic rings. The number of nitrogens with zero attached hydrogens (tertiary/aromatic N) is 4. The van der Waals surface area contributed by atoms with E-state index in [2.05, 4.69) is 383 Å². The van der Waals surface area contributed by atoms with Gasteiger partial charge in [0.25, 0.3) is 0 Å². The van der Waals surface area contributed by atoms with E-state index in [-0.39, 0.29) is 21.7 Å². The monoisotopic (exact) mass is 1560 g/mol. The van der Waals surface area contributed by atoms with E-state index in [9.17, 15) is 0 Å². The van der Waals surface area contributed by atoms with Crippen molar-refractivity contribution in [3.05, 3.63) is 384 Å². The van der Waals surface area contributed by atoms with Crippen molar-refractivity contribution in [3.63, 3.8) is 0 Å². The summed E-state index contributed by atoms with van der Waals surface area (Å²) < 4.78 is 2.50. The zero-order chi connectivity index (χ0) is 80.8. The molecular weight excluding hydrogens is 1480 g/mol. The average Bonchev–Trinajstić information content (AvgIpc) is 0.946. The molecule has 3 heterocycles. The highest BCUT2D eigenvalue weighted by atomic mass is 32.1. The van der Waals surface area contributed by atoms with Gasteiger partial charge in [-0.15, -0.1) is 11.3 Å². The van der Waals surface area contributed by atoms with Crippen LogP contribution < -0.4 is 0 Å². The molecule has 0 saturated heterocycles. The molecule has 0 spiro atoms. The Morgan fingerprint density at radius 2 is 0.421 bits per heavy atom. The molecule has 0 bridgehead atoms. The smallest absolute Gasteiger partial charge is 0.0979 e. The molecule has 0 aliphatic heterocycles. The summed E-state index contributed by atoms with van der Waals surface area (Å²) in [6, 6.07) is 124. The quantitative estimate of drug-likeness (QED) is 0.142. The molecule has 5 heteroatoms. The second-order valence-corrected chi connectivity index (χ2v) is 37.4. The lowest BCUT2D eigenvalue weighted by molar-refractivity contribution is 0.660. The number of thiophene rings is 1. The van der Waals surface area contributed by atoms with E-state index in [4.69, 9.17) is 19.9 Å². The Bertz CT molecular complexity index is 7750. The fourth-order valence-corrected chi connectivity index (χ4v) is 22.9. The van der Waals surface area contributed by atoms with Crippen LogP contribution in [-0.2, 0) is 21.7 Å². The van der Waals surface area contributed by atoms with Gasteiger partial charge in [-0.3, -0.25) is 9.97 Å². The Balaban J connectivity index is 0.562. The minimum atomic E-state index is -0.125. The van der Waals surface area contributed by atoms with Crippen LogP contribution in [-0.4, -0.2) is 19.9 Å². The van der Waals surface area contributed by atoms with Crippen LogP contribution in [0.2, 0.25) is 0 Å². The van der Waals surface area contributed by atoms with Gasteiger partial charge in [-0.25, -0.2) is 9.97 Å². The standard InChI is InChI=1S/C116H80N4S/c1-113(2)97-27-13-9-23-79(97)83-41-31-73(59-101(83)113)67-35-45-87-91(53-67)93-55-69(75-33-43-85-81-25-11-15-29-99(81)115(5,6)103(85)61-75)37-47-89(93)111-109(87)117-63-105(119-111)77-21-17-19-65(51-77)71-39-49-107-95(57-71)96-58-72(40-50-108(96)121-107)66-20-18-22-78(52-66)106-64-118-110-88-46-36-68(74-32-42-84-80-24-10-14-28-98(80)114(3,4)102(84)60-74)54-92(88)94-56-70(38-48-90(94)112(110)120-106)76-34-44-86-82-26-12-16-30-100(82)116(7,8)104(86)62-76/h9-64H,1-8H3. The zero-order valence-corrected chi connectivity index (χ0v) is 69.3. The van der Waals surface area contributed by atoms with E-state index in [1.807, 2.05) is 23.7 Å². The molecule has 0 amide bonds. The van der Waals surface area contributed by atoms with Gasteiger partial charge >= 0.3 is 0 Å². The fraction of sp³-hybridized carbons (Fsp3) is 0.103. The minimum absolute atomic E-state index is 0.117. The molecule has 0 saturated carbocycles. The number of hydrogen-bond acceptors (Lipinski definition) is 5. The van der Waals surface area contributed by atoms with Crippen LogP contribution in [0.3, 0.4) is 0 Å². The van der Waals surface area contributed by atoms with Gasteiger partial charge in [0.1, 0.15) is 0 Å². The minimum Gasteiger partial charge on any atom is -0.252 e. The maximum absolute atomic E-state index is 5.68. The molecule has 3 aromatic heterocycles. The largest absolute Gasteiger partial charge is 0.252 e. The molecule has 0 atom stereocenters. The SMILES string of the molecule is CC1(C)c2ccccc2-c2ccc(-c3ccc4c(c3)c3cc(-c5ccc6c(c5)C(C)(C)c5ccccc5-6)ccc3c3nc(-c5cccc(-c6ccc7sc8ccc(-c9cccc(-c%10cnc%11c%12ccc(-c%13ccc%14c(c%13)C(C)(C)c%13ccccc%13-%14)cc%12c%12cc(-c%13ccc%14c(c%13)C(C)(C)c%13ccccc%13-%14)ccc%12c%11n%10)c9)cc8c7c6)c5)cnc43)cc21. The highest BCUT2D eigenvalue weighted by molar-refractivity contribution is 7.25. The highest BCUT2D eigenvalue weighted by Gasteiger charge is 2.40. The van der Waals surface area contributed by atoms with Gasteiger partial charge in [-0.1, -0.05) is 298 Å². The van der Waals surface area contributed by atoms with Gasteiger partial charge < -0.3 is 0 Å². The molecule has 0 N–H and O–H groups in total. The average molecular weight is 1560 g/mol.